The van der Waals surface area contributed by atoms with Crippen LogP contribution in [0.15, 0.2) is 18.2 Å². The Bertz CT molecular complexity index is 541. The van der Waals surface area contributed by atoms with Crippen molar-refractivity contribution in [1.29, 1.82) is 0 Å². The highest BCUT2D eigenvalue weighted by atomic mass is 19.1. The fourth-order valence-corrected chi connectivity index (χ4v) is 3.22. The predicted molar refractivity (Wildman–Crippen MR) is 80.5 cm³/mol. The molecule has 0 spiro atoms. The largest absolute Gasteiger partial charge is 0.380 e. The van der Waals surface area contributed by atoms with E-state index in [1.165, 1.54) is 12.1 Å². The minimum atomic E-state index is -0.590. The van der Waals surface area contributed by atoms with Crippen molar-refractivity contribution in [2.45, 2.75) is 31.3 Å². The molecule has 2 heterocycles. The van der Waals surface area contributed by atoms with Gasteiger partial charge in [-0.05, 0) is 31.4 Å². The Morgan fingerprint density at radius 2 is 2.09 bits per heavy atom. The third kappa shape index (κ3) is 3.36. The first-order chi connectivity index (χ1) is 10.6. The van der Waals surface area contributed by atoms with E-state index in [1.54, 1.807) is 0 Å². The first-order valence-corrected chi connectivity index (χ1v) is 7.66. The van der Waals surface area contributed by atoms with Gasteiger partial charge in [-0.3, -0.25) is 15.0 Å². The molecule has 0 aromatic heterocycles. The number of hydrogen-bond donors (Lipinski definition) is 1. The van der Waals surface area contributed by atoms with Crippen molar-refractivity contribution in [2.24, 2.45) is 0 Å². The molecule has 1 unspecified atom stereocenters. The van der Waals surface area contributed by atoms with Gasteiger partial charge in [-0.25, -0.2) is 4.39 Å². The molecule has 120 valence electrons. The Morgan fingerprint density at radius 1 is 1.32 bits per heavy atom. The van der Waals surface area contributed by atoms with Crippen molar-refractivity contribution < 1.29 is 14.1 Å². The van der Waals surface area contributed by atoms with Crippen molar-refractivity contribution in [2.75, 3.05) is 31.6 Å². The first-order valence-electron chi connectivity index (χ1n) is 7.66. The fraction of sp³-hybridized carbons (Fsp3) is 0.600. The highest BCUT2D eigenvalue weighted by Crippen LogP contribution is 2.28. The van der Waals surface area contributed by atoms with E-state index < -0.39 is 10.7 Å². The molecule has 2 fully saturated rings. The van der Waals surface area contributed by atoms with Crippen LogP contribution in [0.25, 0.3) is 0 Å². The van der Waals surface area contributed by atoms with Crippen molar-refractivity contribution in [3.63, 3.8) is 0 Å². The zero-order chi connectivity index (χ0) is 15.5. The van der Waals surface area contributed by atoms with Gasteiger partial charge in [-0.1, -0.05) is 0 Å². The molecule has 1 aromatic rings. The molecule has 1 N–H and O–H groups in total. The summed E-state index contributed by atoms with van der Waals surface area (Å²) in [6.07, 6.45) is 2.93. The van der Waals surface area contributed by atoms with Crippen molar-refractivity contribution in [3.8, 4) is 0 Å². The van der Waals surface area contributed by atoms with Gasteiger partial charge in [0, 0.05) is 31.8 Å². The lowest BCUT2D eigenvalue weighted by molar-refractivity contribution is -0.384. The summed E-state index contributed by atoms with van der Waals surface area (Å²) in [4.78, 5) is 12.9. The minimum absolute atomic E-state index is 0.183. The van der Waals surface area contributed by atoms with Crippen LogP contribution in [-0.4, -0.2) is 48.2 Å². The molecule has 7 heteroatoms. The summed E-state index contributed by atoms with van der Waals surface area (Å²) in [7, 11) is 0. The highest BCUT2D eigenvalue weighted by Gasteiger charge is 2.28. The van der Waals surface area contributed by atoms with Crippen molar-refractivity contribution in [3.05, 3.63) is 34.1 Å². The van der Waals surface area contributed by atoms with E-state index in [-0.39, 0.29) is 11.7 Å². The van der Waals surface area contributed by atoms with Gasteiger partial charge in [0.1, 0.15) is 11.5 Å². The van der Waals surface area contributed by atoms with Crippen LogP contribution in [0.2, 0.25) is 0 Å². The molecular weight excluding hydrogens is 289 g/mol. The van der Waals surface area contributed by atoms with Crippen LogP contribution >= 0.6 is 0 Å². The van der Waals surface area contributed by atoms with E-state index in [9.17, 15) is 14.5 Å². The second-order valence-corrected chi connectivity index (χ2v) is 5.89. The van der Waals surface area contributed by atoms with Crippen LogP contribution in [0, 0.1) is 15.9 Å². The molecular formula is C15H20FN3O3. The molecule has 6 nitrogen and oxygen atoms in total. The third-order valence-corrected chi connectivity index (χ3v) is 4.47. The smallest absolute Gasteiger partial charge is 0.295 e. The second kappa shape index (κ2) is 6.58. The molecule has 2 saturated heterocycles. The highest BCUT2D eigenvalue weighted by molar-refractivity contribution is 5.61. The van der Waals surface area contributed by atoms with Crippen LogP contribution in [0.3, 0.4) is 0 Å². The van der Waals surface area contributed by atoms with Gasteiger partial charge in [0.25, 0.3) is 5.69 Å². The monoisotopic (exact) mass is 309 g/mol. The Morgan fingerprint density at radius 3 is 2.73 bits per heavy atom. The fourth-order valence-electron chi connectivity index (χ4n) is 3.22. The molecule has 2 aliphatic heterocycles. The van der Waals surface area contributed by atoms with Crippen LogP contribution in [0.5, 0.6) is 0 Å². The average Bonchev–Trinajstić information content (AvgIpc) is 3.04. The molecule has 22 heavy (non-hydrogen) atoms. The normalized spacial score (nSPS) is 23.6. The quantitative estimate of drug-likeness (QED) is 0.683. The van der Waals surface area contributed by atoms with E-state index >= 15 is 0 Å². The SMILES string of the molecule is O=[N+]([O-])c1cc(F)ccc1NC1CCN(C2CCOC2)CC1. The molecule has 0 amide bonds. The zero-order valence-corrected chi connectivity index (χ0v) is 12.3. The Hall–Kier alpha value is -1.73. The van der Waals surface area contributed by atoms with Crippen LogP contribution in [-0.2, 0) is 4.74 Å². The Balaban J connectivity index is 1.59. The number of rotatable bonds is 4. The number of nitro benzene ring substituents is 1. The van der Waals surface area contributed by atoms with Gasteiger partial charge in [0.05, 0.1) is 17.6 Å². The number of nitrogens with one attached hydrogen (secondary N) is 1. The Labute approximate surface area is 128 Å². The summed E-state index contributed by atoms with van der Waals surface area (Å²) in [6, 6.07) is 4.36. The standard InChI is InChI=1S/C15H20FN3O3/c16-11-1-2-14(15(9-11)19(20)21)17-12-3-6-18(7-4-12)13-5-8-22-10-13/h1-2,9,12-13,17H,3-8,10H2. The Kier molecular flexibility index (Phi) is 4.54. The van der Waals surface area contributed by atoms with Crippen LogP contribution in [0.4, 0.5) is 15.8 Å². The van der Waals surface area contributed by atoms with Crippen LogP contribution < -0.4 is 5.32 Å². The summed E-state index contributed by atoms with van der Waals surface area (Å²) in [5.41, 5.74) is 0.195. The van der Waals surface area contributed by atoms with E-state index in [4.69, 9.17) is 4.74 Å². The lowest BCUT2D eigenvalue weighted by atomic mass is 10.0. The molecule has 1 aromatic carbocycles. The lowest BCUT2D eigenvalue weighted by Gasteiger charge is -2.35. The number of nitro groups is 1. The van der Waals surface area contributed by atoms with Crippen molar-refractivity contribution in [1.82, 2.24) is 4.90 Å². The molecule has 2 aliphatic rings. The van der Waals surface area contributed by atoms with Gasteiger partial charge in [0.15, 0.2) is 0 Å². The predicted octanol–water partition coefficient (Wildman–Crippen LogP) is 2.40. The average molecular weight is 309 g/mol. The minimum Gasteiger partial charge on any atom is -0.380 e. The second-order valence-electron chi connectivity index (χ2n) is 5.89. The molecule has 0 saturated carbocycles. The third-order valence-electron chi connectivity index (χ3n) is 4.47. The number of hydrogen-bond acceptors (Lipinski definition) is 5. The molecule has 1 atom stereocenters. The number of benzene rings is 1. The number of anilines is 1. The number of halogens is 1. The van der Waals surface area contributed by atoms with Crippen molar-refractivity contribution >= 4 is 11.4 Å². The number of ether oxygens (including phenoxy) is 1. The molecule has 0 bridgehead atoms. The maximum atomic E-state index is 13.2. The lowest BCUT2D eigenvalue weighted by Crippen LogP contribution is -2.44. The van der Waals surface area contributed by atoms with Gasteiger partial charge in [-0.2, -0.15) is 0 Å². The topological polar surface area (TPSA) is 67.6 Å². The van der Waals surface area contributed by atoms with Gasteiger partial charge < -0.3 is 10.1 Å². The summed E-state index contributed by atoms with van der Waals surface area (Å²) >= 11 is 0. The molecule has 0 aliphatic carbocycles. The van der Waals surface area contributed by atoms with Gasteiger partial charge in [0.2, 0.25) is 0 Å². The van der Waals surface area contributed by atoms with E-state index in [0.717, 1.165) is 51.6 Å². The van der Waals surface area contributed by atoms with Gasteiger partial charge >= 0.3 is 0 Å². The summed E-state index contributed by atoms with van der Waals surface area (Å²) < 4.78 is 18.6. The number of piperidine rings is 1. The first kappa shape index (κ1) is 15.2. The maximum Gasteiger partial charge on any atom is 0.295 e. The van der Waals surface area contributed by atoms with E-state index in [2.05, 4.69) is 10.2 Å². The molecule has 3 rings (SSSR count). The van der Waals surface area contributed by atoms with E-state index in [0.29, 0.717) is 11.7 Å². The van der Waals surface area contributed by atoms with Crippen LogP contribution in [0.1, 0.15) is 19.3 Å². The van der Waals surface area contributed by atoms with E-state index in [1.807, 2.05) is 0 Å². The number of likely N-dealkylation sites (tertiary alicyclic amines) is 1. The number of nitrogens with zero attached hydrogens (tertiary/aromatic N) is 2. The van der Waals surface area contributed by atoms with Gasteiger partial charge in [-0.15, -0.1) is 0 Å². The molecule has 0 radical (unpaired) electrons. The maximum absolute atomic E-state index is 13.2. The summed E-state index contributed by atoms with van der Waals surface area (Å²) in [5, 5.41) is 14.2. The summed E-state index contributed by atoms with van der Waals surface area (Å²) in [5.74, 6) is -0.590. The zero-order valence-electron chi connectivity index (χ0n) is 12.3. The summed E-state index contributed by atoms with van der Waals surface area (Å²) in [6.45, 7) is 3.56.